The van der Waals surface area contributed by atoms with E-state index in [1.54, 1.807) is 0 Å². The predicted octanol–water partition coefficient (Wildman–Crippen LogP) is 3.39. The summed E-state index contributed by atoms with van der Waals surface area (Å²) in [5, 5.41) is 0. The van der Waals surface area contributed by atoms with Gasteiger partial charge >= 0.3 is 0 Å². The van der Waals surface area contributed by atoms with Crippen LogP contribution in [0.1, 0.15) is 61.3 Å². The van der Waals surface area contributed by atoms with Crippen LogP contribution in [0.2, 0.25) is 0 Å². The number of ether oxygens (including phenoxy) is 1. The number of hydrogen-bond donors (Lipinski definition) is 0. The second-order valence-electron chi connectivity index (χ2n) is 9.20. The third-order valence-corrected chi connectivity index (χ3v) is 5.71. The van der Waals surface area contributed by atoms with Gasteiger partial charge in [-0.3, -0.25) is 9.80 Å². The van der Waals surface area contributed by atoms with Crippen LogP contribution in [-0.2, 0) is 4.74 Å². The summed E-state index contributed by atoms with van der Waals surface area (Å²) in [5.41, 5.74) is 0.724. The number of piperidine rings is 1. The highest BCUT2D eigenvalue weighted by Crippen LogP contribution is 2.35. The minimum absolute atomic E-state index is 0.111. The third kappa shape index (κ3) is 4.00. The summed E-state index contributed by atoms with van der Waals surface area (Å²) >= 11 is 0. The minimum atomic E-state index is 0.111. The van der Waals surface area contributed by atoms with Crippen LogP contribution in [0, 0.1) is 5.41 Å². The van der Waals surface area contributed by atoms with E-state index in [0.29, 0.717) is 11.5 Å². The van der Waals surface area contributed by atoms with Crippen LogP contribution in [0.15, 0.2) is 0 Å². The summed E-state index contributed by atoms with van der Waals surface area (Å²) in [7, 11) is 0. The van der Waals surface area contributed by atoms with Gasteiger partial charge in [0.2, 0.25) is 0 Å². The molecule has 0 bridgehead atoms. The van der Waals surface area contributed by atoms with Gasteiger partial charge in [0, 0.05) is 37.8 Å². The summed E-state index contributed by atoms with van der Waals surface area (Å²) in [6, 6.07) is 0.636. The lowest BCUT2D eigenvalue weighted by molar-refractivity contribution is -0.155. The molecule has 2 saturated heterocycles. The van der Waals surface area contributed by atoms with Crippen molar-refractivity contribution in [2.24, 2.45) is 5.41 Å². The molecule has 0 saturated carbocycles. The first-order valence-corrected chi connectivity index (χ1v) is 8.67. The fourth-order valence-corrected chi connectivity index (χ4v) is 3.59. The first-order valence-electron chi connectivity index (χ1n) is 8.67. The number of likely N-dealkylation sites (tertiary alicyclic amines) is 1. The van der Waals surface area contributed by atoms with Gasteiger partial charge in [-0.05, 0) is 46.0 Å². The number of hydrogen-bond acceptors (Lipinski definition) is 3. The Morgan fingerprint density at radius 2 is 1.52 bits per heavy atom. The van der Waals surface area contributed by atoms with Crippen LogP contribution in [0.3, 0.4) is 0 Å². The molecule has 2 aliphatic heterocycles. The molecule has 0 radical (unpaired) electrons. The SMILES string of the molecule is CC(N1CCC2(CC1)CN(C(C)(C)C)CCO2)C(C)(C)C. The van der Waals surface area contributed by atoms with Crippen LogP contribution in [0.25, 0.3) is 0 Å². The van der Waals surface area contributed by atoms with Crippen LogP contribution >= 0.6 is 0 Å². The maximum absolute atomic E-state index is 6.28. The molecule has 3 heteroatoms. The Balaban J connectivity index is 1.96. The molecule has 1 spiro atoms. The van der Waals surface area contributed by atoms with Crippen molar-refractivity contribution in [1.29, 1.82) is 0 Å². The van der Waals surface area contributed by atoms with E-state index in [2.05, 4.69) is 58.3 Å². The fourth-order valence-electron chi connectivity index (χ4n) is 3.59. The molecule has 0 aliphatic carbocycles. The summed E-state index contributed by atoms with van der Waals surface area (Å²) < 4.78 is 6.28. The van der Waals surface area contributed by atoms with Crippen molar-refractivity contribution in [1.82, 2.24) is 9.80 Å². The zero-order valence-electron chi connectivity index (χ0n) is 15.3. The molecule has 3 nitrogen and oxygen atoms in total. The molecule has 0 N–H and O–H groups in total. The molecule has 0 aromatic carbocycles. The number of nitrogens with zero attached hydrogens (tertiary/aromatic N) is 2. The van der Waals surface area contributed by atoms with Crippen molar-refractivity contribution in [2.75, 3.05) is 32.8 Å². The van der Waals surface area contributed by atoms with E-state index in [9.17, 15) is 0 Å². The summed E-state index contributed by atoms with van der Waals surface area (Å²) in [5.74, 6) is 0. The normalized spacial score (nSPS) is 27.0. The predicted molar refractivity (Wildman–Crippen MR) is 89.7 cm³/mol. The fraction of sp³-hybridized carbons (Fsp3) is 1.00. The molecule has 1 atom stereocenters. The van der Waals surface area contributed by atoms with Gasteiger partial charge in [0.05, 0.1) is 12.2 Å². The van der Waals surface area contributed by atoms with Crippen molar-refractivity contribution in [3.8, 4) is 0 Å². The molecular weight excluding hydrogens is 260 g/mol. The summed E-state index contributed by atoms with van der Waals surface area (Å²) in [4.78, 5) is 5.27. The molecule has 0 aromatic rings. The Bertz CT molecular complexity index is 345. The Morgan fingerprint density at radius 1 is 0.952 bits per heavy atom. The molecule has 2 heterocycles. The molecule has 2 fully saturated rings. The van der Waals surface area contributed by atoms with Gasteiger partial charge in [0.15, 0.2) is 0 Å². The van der Waals surface area contributed by atoms with Crippen LogP contribution in [0.4, 0.5) is 0 Å². The second kappa shape index (κ2) is 5.82. The van der Waals surface area contributed by atoms with Gasteiger partial charge in [0.25, 0.3) is 0 Å². The van der Waals surface area contributed by atoms with Gasteiger partial charge in [-0.25, -0.2) is 0 Å². The van der Waals surface area contributed by atoms with E-state index in [4.69, 9.17) is 4.74 Å². The van der Waals surface area contributed by atoms with E-state index in [1.165, 1.54) is 25.9 Å². The zero-order valence-corrected chi connectivity index (χ0v) is 15.3. The molecule has 2 aliphatic rings. The Kier molecular flexibility index (Phi) is 4.78. The average molecular weight is 296 g/mol. The average Bonchev–Trinajstić information content (AvgIpc) is 2.37. The van der Waals surface area contributed by atoms with E-state index in [0.717, 1.165) is 19.7 Å². The van der Waals surface area contributed by atoms with Gasteiger partial charge in [-0.1, -0.05) is 20.8 Å². The Morgan fingerprint density at radius 3 is 2.00 bits per heavy atom. The standard InChI is InChI=1S/C18H36N2O/c1-15(16(2,3)4)19-10-8-18(9-11-19)14-20(12-13-21-18)17(5,6)7/h15H,8-14H2,1-7H3. The minimum Gasteiger partial charge on any atom is -0.372 e. The second-order valence-corrected chi connectivity index (χ2v) is 9.20. The van der Waals surface area contributed by atoms with Crippen LogP contribution in [0.5, 0.6) is 0 Å². The molecule has 2 rings (SSSR count). The lowest BCUT2D eigenvalue weighted by Crippen LogP contribution is -2.61. The molecular formula is C18H36N2O. The maximum Gasteiger partial charge on any atom is 0.0834 e. The van der Waals surface area contributed by atoms with E-state index in [-0.39, 0.29) is 11.1 Å². The lowest BCUT2D eigenvalue weighted by atomic mass is 9.82. The first kappa shape index (κ1) is 17.2. The van der Waals surface area contributed by atoms with Gasteiger partial charge in [0.1, 0.15) is 0 Å². The summed E-state index contributed by atoms with van der Waals surface area (Å²) in [6.45, 7) is 21.8. The topological polar surface area (TPSA) is 15.7 Å². The first-order chi connectivity index (χ1) is 9.54. The molecule has 0 aromatic heterocycles. The van der Waals surface area contributed by atoms with Crippen LogP contribution < -0.4 is 0 Å². The quantitative estimate of drug-likeness (QED) is 0.738. The monoisotopic (exact) mass is 296 g/mol. The number of morpholine rings is 1. The van der Waals surface area contributed by atoms with Gasteiger partial charge in [-0.2, -0.15) is 0 Å². The zero-order chi connectivity index (χ0) is 15.9. The van der Waals surface area contributed by atoms with Gasteiger partial charge in [-0.15, -0.1) is 0 Å². The van der Waals surface area contributed by atoms with Crippen molar-refractivity contribution >= 4 is 0 Å². The lowest BCUT2D eigenvalue weighted by Gasteiger charge is -2.52. The largest absolute Gasteiger partial charge is 0.372 e. The van der Waals surface area contributed by atoms with Crippen molar-refractivity contribution in [3.05, 3.63) is 0 Å². The Hall–Kier alpha value is -0.120. The highest BCUT2D eigenvalue weighted by Gasteiger charge is 2.43. The molecule has 0 amide bonds. The molecule has 21 heavy (non-hydrogen) atoms. The Labute approximate surface area is 132 Å². The maximum atomic E-state index is 6.28. The van der Waals surface area contributed by atoms with E-state index >= 15 is 0 Å². The number of rotatable bonds is 1. The highest BCUT2D eigenvalue weighted by molar-refractivity contribution is 4.97. The highest BCUT2D eigenvalue weighted by atomic mass is 16.5. The van der Waals surface area contributed by atoms with E-state index in [1.807, 2.05) is 0 Å². The van der Waals surface area contributed by atoms with Gasteiger partial charge < -0.3 is 4.74 Å². The summed E-state index contributed by atoms with van der Waals surface area (Å²) in [6.07, 6.45) is 2.36. The third-order valence-electron chi connectivity index (χ3n) is 5.71. The molecule has 1 unspecified atom stereocenters. The van der Waals surface area contributed by atoms with E-state index < -0.39 is 0 Å². The van der Waals surface area contributed by atoms with Crippen molar-refractivity contribution in [2.45, 2.75) is 78.5 Å². The van der Waals surface area contributed by atoms with Crippen molar-refractivity contribution in [3.63, 3.8) is 0 Å². The molecule has 124 valence electrons. The van der Waals surface area contributed by atoms with Crippen molar-refractivity contribution < 1.29 is 4.74 Å². The smallest absolute Gasteiger partial charge is 0.0834 e. The van der Waals surface area contributed by atoms with Crippen LogP contribution in [-0.4, -0.2) is 59.8 Å².